The molecule has 0 aliphatic carbocycles. The number of benzene rings is 1. The molecule has 0 radical (unpaired) electrons. The van der Waals surface area contributed by atoms with Crippen molar-refractivity contribution in [3.63, 3.8) is 0 Å². The average molecular weight is 308 g/mol. The Labute approximate surface area is 133 Å². The molecule has 6 heteroatoms. The highest BCUT2D eigenvalue weighted by Gasteiger charge is 2.00. The van der Waals surface area contributed by atoms with Gasteiger partial charge in [-0.2, -0.15) is 0 Å². The third-order valence-corrected chi connectivity index (χ3v) is 2.99. The predicted octanol–water partition coefficient (Wildman–Crippen LogP) is 0.938. The number of rotatable bonds is 9. The van der Waals surface area contributed by atoms with Gasteiger partial charge in [-0.3, -0.25) is 4.99 Å². The van der Waals surface area contributed by atoms with Crippen LogP contribution in [0.25, 0.3) is 0 Å². The van der Waals surface area contributed by atoms with Gasteiger partial charge >= 0.3 is 0 Å². The fraction of sp³-hybridized carbons (Fsp3) is 0.562. The number of likely N-dealkylation sites (N-methyl/N-ethyl adjacent to an activating group) is 1. The normalized spacial score (nSPS) is 11.6. The second-order valence-electron chi connectivity index (χ2n) is 5.14. The lowest BCUT2D eigenvalue weighted by atomic mass is 10.2. The van der Waals surface area contributed by atoms with E-state index < -0.39 is 0 Å². The topological polar surface area (TPSA) is 58.1 Å². The van der Waals surface area contributed by atoms with Crippen molar-refractivity contribution in [1.29, 1.82) is 0 Å². The van der Waals surface area contributed by atoms with Crippen LogP contribution in [0, 0.1) is 0 Å². The number of nitrogens with one attached hydrogen (secondary N) is 2. The predicted molar refractivity (Wildman–Crippen MR) is 90.6 cm³/mol. The number of guanidine groups is 1. The molecule has 2 N–H and O–H groups in total. The summed E-state index contributed by atoms with van der Waals surface area (Å²) in [5.41, 5.74) is 1.15. The van der Waals surface area contributed by atoms with Crippen LogP contribution in [0.5, 0.6) is 5.75 Å². The molecule has 0 atom stereocenters. The molecule has 1 rings (SSSR count). The Hall–Kier alpha value is -1.79. The SMILES string of the molecule is CN=C(NCCOC)NCc1cccc(OCCN(C)C)c1. The minimum Gasteiger partial charge on any atom is -0.492 e. The number of methoxy groups -OCH3 is 1. The molecule has 0 bridgehead atoms. The number of hydrogen-bond donors (Lipinski definition) is 2. The summed E-state index contributed by atoms with van der Waals surface area (Å²) in [6.07, 6.45) is 0. The Kier molecular flexibility index (Phi) is 9.02. The van der Waals surface area contributed by atoms with E-state index in [4.69, 9.17) is 9.47 Å². The molecule has 22 heavy (non-hydrogen) atoms. The highest BCUT2D eigenvalue weighted by Crippen LogP contribution is 2.13. The molecule has 1 aromatic carbocycles. The first kappa shape index (κ1) is 18.3. The molecule has 124 valence electrons. The van der Waals surface area contributed by atoms with E-state index in [1.165, 1.54) is 0 Å². The van der Waals surface area contributed by atoms with Gasteiger partial charge in [-0.15, -0.1) is 0 Å². The van der Waals surface area contributed by atoms with Crippen molar-refractivity contribution in [3.05, 3.63) is 29.8 Å². The van der Waals surface area contributed by atoms with Crippen LogP contribution in [-0.4, -0.2) is 65.4 Å². The van der Waals surface area contributed by atoms with Crippen LogP contribution in [0.1, 0.15) is 5.56 Å². The summed E-state index contributed by atoms with van der Waals surface area (Å²) < 4.78 is 10.7. The molecule has 0 amide bonds. The maximum absolute atomic E-state index is 5.74. The van der Waals surface area contributed by atoms with Crippen molar-refractivity contribution in [2.45, 2.75) is 6.54 Å². The van der Waals surface area contributed by atoms with Gasteiger partial charge in [-0.1, -0.05) is 12.1 Å². The van der Waals surface area contributed by atoms with Crippen molar-refractivity contribution in [2.75, 3.05) is 54.6 Å². The zero-order valence-electron chi connectivity index (χ0n) is 14.1. The van der Waals surface area contributed by atoms with E-state index in [1.54, 1.807) is 14.2 Å². The van der Waals surface area contributed by atoms with Crippen molar-refractivity contribution < 1.29 is 9.47 Å². The molecular formula is C16H28N4O2. The van der Waals surface area contributed by atoms with E-state index in [1.807, 2.05) is 32.3 Å². The van der Waals surface area contributed by atoms with Gasteiger partial charge in [0.15, 0.2) is 5.96 Å². The van der Waals surface area contributed by atoms with Crippen LogP contribution >= 0.6 is 0 Å². The van der Waals surface area contributed by atoms with Gasteiger partial charge in [-0.05, 0) is 31.8 Å². The van der Waals surface area contributed by atoms with E-state index in [0.717, 1.165) is 30.4 Å². The van der Waals surface area contributed by atoms with Gasteiger partial charge in [0.25, 0.3) is 0 Å². The summed E-state index contributed by atoms with van der Waals surface area (Å²) in [7, 11) is 7.50. The zero-order valence-corrected chi connectivity index (χ0v) is 14.1. The minimum absolute atomic E-state index is 0.649. The summed E-state index contributed by atoms with van der Waals surface area (Å²) in [5, 5.41) is 6.44. The Balaban J connectivity index is 2.41. The van der Waals surface area contributed by atoms with Crippen LogP contribution in [0.15, 0.2) is 29.3 Å². The Morgan fingerprint density at radius 1 is 1.23 bits per heavy atom. The zero-order chi connectivity index (χ0) is 16.2. The third kappa shape index (κ3) is 7.85. The maximum Gasteiger partial charge on any atom is 0.191 e. The van der Waals surface area contributed by atoms with Gasteiger partial charge in [-0.25, -0.2) is 0 Å². The molecule has 0 aliphatic heterocycles. The molecule has 1 aromatic rings. The fourth-order valence-electron chi connectivity index (χ4n) is 1.77. The molecule has 0 aliphatic rings. The van der Waals surface area contributed by atoms with Crippen molar-refractivity contribution >= 4 is 5.96 Å². The summed E-state index contributed by atoms with van der Waals surface area (Å²) in [4.78, 5) is 6.27. The highest BCUT2D eigenvalue weighted by atomic mass is 16.5. The monoisotopic (exact) mass is 308 g/mol. The van der Waals surface area contributed by atoms with Crippen LogP contribution in [-0.2, 0) is 11.3 Å². The number of nitrogens with zero attached hydrogens (tertiary/aromatic N) is 2. The van der Waals surface area contributed by atoms with Crippen LogP contribution in [0.3, 0.4) is 0 Å². The first-order chi connectivity index (χ1) is 10.7. The first-order valence-corrected chi connectivity index (χ1v) is 7.45. The summed E-state index contributed by atoms with van der Waals surface area (Å²) in [5.74, 6) is 1.65. The number of hydrogen-bond acceptors (Lipinski definition) is 4. The van der Waals surface area contributed by atoms with Gasteiger partial charge in [0.2, 0.25) is 0 Å². The van der Waals surface area contributed by atoms with Crippen molar-refractivity contribution in [1.82, 2.24) is 15.5 Å². The lowest BCUT2D eigenvalue weighted by Gasteiger charge is -2.13. The van der Waals surface area contributed by atoms with Gasteiger partial charge in [0.1, 0.15) is 12.4 Å². The van der Waals surface area contributed by atoms with Gasteiger partial charge in [0.05, 0.1) is 6.61 Å². The van der Waals surface area contributed by atoms with Gasteiger partial charge in [0, 0.05) is 33.8 Å². The Morgan fingerprint density at radius 3 is 2.73 bits per heavy atom. The van der Waals surface area contributed by atoms with E-state index in [9.17, 15) is 0 Å². The Morgan fingerprint density at radius 2 is 2.05 bits per heavy atom. The molecule has 6 nitrogen and oxygen atoms in total. The third-order valence-electron chi connectivity index (χ3n) is 2.99. The van der Waals surface area contributed by atoms with E-state index in [-0.39, 0.29) is 0 Å². The van der Waals surface area contributed by atoms with Crippen LogP contribution in [0.2, 0.25) is 0 Å². The molecule has 0 spiro atoms. The van der Waals surface area contributed by atoms with Crippen molar-refractivity contribution in [2.24, 2.45) is 4.99 Å². The number of aliphatic imine (C=N–C) groups is 1. The van der Waals surface area contributed by atoms with Crippen molar-refractivity contribution in [3.8, 4) is 5.75 Å². The molecule has 0 fully saturated rings. The highest BCUT2D eigenvalue weighted by molar-refractivity contribution is 5.79. The van der Waals surface area contributed by atoms with E-state index in [2.05, 4.69) is 26.6 Å². The lowest BCUT2D eigenvalue weighted by molar-refractivity contribution is 0.203. The molecule has 0 saturated heterocycles. The molecule has 0 heterocycles. The smallest absolute Gasteiger partial charge is 0.191 e. The summed E-state index contributed by atoms with van der Waals surface area (Å²) >= 11 is 0. The number of ether oxygens (including phenoxy) is 2. The van der Waals surface area contributed by atoms with Crippen LogP contribution in [0.4, 0.5) is 0 Å². The summed E-state index contributed by atoms with van der Waals surface area (Å²) in [6, 6.07) is 8.09. The molecule has 0 aromatic heterocycles. The molecular weight excluding hydrogens is 280 g/mol. The Bertz CT molecular complexity index is 450. The maximum atomic E-state index is 5.74. The quantitative estimate of drug-likeness (QED) is 0.404. The lowest BCUT2D eigenvalue weighted by Crippen LogP contribution is -2.38. The first-order valence-electron chi connectivity index (χ1n) is 7.45. The second kappa shape index (κ2) is 10.9. The minimum atomic E-state index is 0.649. The average Bonchev–Trinajstić information content (AvgIpc) is 2.51. The van der Waals surface area contributed by atoms with E-state index in [0.29, 0.717) is 19.8 Å². The largest absolute Gasteiger partial charge is 0.492 e. The molecule has 0 saturated carbocycles. The standard InChI is InChI=1S/C16H28N4O2/c1-17-16(18-8-10-21-4)19-13-14-6-5-7-15(12-14)22-11-9-20(2)3/h5-7,12H,8-11,13H2,1-4H3,(H2,17,18,19). The van der Waals surface area contributed by atoms with Gasteiger partial charge < -0.3 is 25.0 Å². The fourth-order valence-corrected chi connectivity index (χ4v) is 1.77. The van der Waals surface area contributed by atoms with E-state index >= 15 is 0 Å². The van der Waals surface area contributed by atoms with Crippen LogP contribution < -0.4 is 15.4 Å². The second-order valence-corrected chi connectivity index (χ2v) is 5.14. The summed E-state index contributed by atoms with van der Waals surface area (Å²) in [6.45, 7) is 3.65. The molecule has 0 unspecified atom stereocenters.